The highest BCUT2D eigenvalue weighted by atomic mass is 19.1. The highest BCUT2D eigenvalue weighted by Crippen LogP contribution is 2.37. The number of benzene rings is 2. The van der Waals surface area contributed by atoms with Crippen molar-refractivity contribution in [2.45, 2.75) is 44.6 Å². The van der Waals surface area contributed by atoms with Crippen molar-refractivity contribution in [3.8, 4) is 5.75 Å². The third kappa shape index (κ3) is 4.32. The van der Waals surface area contributed by atoms with E-state index in [0.29, 0.717) is 58.7 Å². The molecule has 0 radical (unpaired) electrons. The van der Waals surface area contributed by atoms with E-state index in [2.05, 4.69) is 11.0 Å². The normalized spacial score (nSPS) is 22.0. The number of aryl methyl sites for hydroxylation is 1. The number of hydrogen-bond acceptors (Lipinski definition) is 5. The summed E-state index contributed by atoms with van der Waals surface area (Å²) in [6.45, 7) is 5.59. The summed E-state index contributed by atoms with van der Waals surface area (Å²) in [6.07, 6.45) is 1.78. The largest absolute Gasteiger partial charge is 0.489 e. The molecule has 3 aliphatic rings. The Bertz CT molecular complexity index is 964. The molecule has 5 rings (SSSR count). The molecule has 3 aliphatic heterocycles. The Morgan fingerprint density at radius 1 is 1.09 bits per heavy atom. The van der Waals surface area contributed by atoms with E-state index in [4.69, 9.17) is 14.2 Å². The molecule has 0 N–H and O–H groups in total. The molecule has 1 atom stereocenters. The first kappa shape index (κ1) is 21.2. The maximum atomic E-state index is 13.4. The van der Waals surface area contributed by atoms with Gasteiger partial charge in [-0.3, -0.25) is 4.79 Å². The van der Waals surface area contributed by atoms with Gasteiger partial charge in [0.25, 0.3) is 0 Å². The number of amides is 1. The first-order valence-corrected chi connectivity index (χ1v) is 11.3. The fourth-order valence-electron chi connectivity index (χ4n) is 4.83. The predicted octanol–water partition coefficient (Wildman–Crippen LogP) is 3.66. The van der Waals surface area contributed by atoms with Gasteiger partial charge in [0.05, 0.1) is 31.4 Å². The summed E-state index contributed by atoms with van der Waals surface area (Å²) in [5.74, 6) is 0.199. The summed E-state index contributed by atoms with van der Waals surface area (Å²) in [7, 11) is 0. The van der Waals surface area contributed by atoms with Crippen molar-refractivity contribution < 1.29 is 23.4 Å². The average molecular weight is 441 g/mol. The maximum Gasteiger partial charge on any atom is 0.224 e. The molecule has 0 aromatic heterocycles. The molecule has 1 spiro atoms. The minimum atomic E-state index is -0.490. The lowest BCUT2D eigenvalue weighted by molar-refractivity contribution is -0.187. The van der Waals surface area contributed by atoms with Gasteiger partial charge in [-0.15, -0.1) is 0 Å². The fraction of sp³-hybridized carbons (Fsp3) is 0.480. The van der Waals surface area contributed by atoms with E-state index in [9.17, 15) is 9.18 Å². The SMILES string of the molecule is Cc1ccc2c(c1)OC[C@H](CC(=O)N1CCC3(CC1)OCCO3)N2Cc1ccc(F)cc1. The summed E-state index contributed by atoms with van der Waals surface area (Å²) in [4.78, 5) is 17.3. The van der Waals surface area contributed by atoms with E-state index < -0.39 is 5.79 Å². The molecule has 0 unspecified atom stereocenters. The van der Waals surface area contributed by atoms with Crippen molar-refractivity contribution >= 4 is 11.6 Å². The lowest BCUT2D eigenvalue weighted by Crippen LogP contribution is -2.50. The molecular weight excluding hydrogens is 411 g/mol. The van der Waals surface area contributed by atoms with E-state index in [-0.39, 0.29) is 17.8 Å². The van der Waals surface area contributed by atoms with Crippen molar-refractivity contribution in [2.24, 2.45) is 0 Å². The van der Waals surface area contributed by atoms with Gasteiger partial charge >= 0.3 is 0 Å². The number of piperidine rings is 1. The number of hydrogen-bond donors (Lipinski definition) is 0. The van der Waals surface area contributed by atoms with Gasteiger partial charge < -0.3 is 24.0 Å². The second kappa shape index (κ2) is 8.71. The van der Waals surface area contributed by atoms with Crippen LogP contribution in [0.1, 0.15) is 30.4 Å². The average Bonchev–Trinajstić information content (AvgIpc) is 3.25. The zero-order valence-electron chi connectivity index (χ0n) is 18.4. The molecule has 0 saturated carbocycles. The molecule has 2 saturated heterocycles. The van der Waals surface area contributed by atoms with Crippen molar-refractivity contribution in [1.82, 2.24) is 4.90 Å². The van der Waals surface area contributed by atoms with Crippen LogP contribution in [0, 0.1) is 12.7 Å². The van der Waals surface area contributed by atoms with Crippen LogP contribution < -0.4 is 9.64 Å². The first-order chi connectivity index (χ1) is 15.5. The molecule has 2 aromatic rings. The van der Waals surface area contributed by atoms with Gasteiger partial charge in [0.2, 0.25) is 5.91 Å². The molecule has 7 heteroatoms. The van der Waals surface area contributed by atoms with Gasteiger partial charge in [-0.2, -0.15) is 0 Å². The van der Waals surface area contributed by atoms with Crippen LogP contribution in [-0.4, -0.2) is 55.5 Å². The van der Waals surface area contributed by atoms with Gasteiger partial charge in [0, 0.05) is 32.5 Å². The second-order valence-electron chi connectivity index (χ2n) is 8.88. The second-order valence-corrected chi connectivity index (χ2v) is 8.88. The van der Waals surface area contributed by atoms with E-state index in [1.54, 1.807) is 12.1 Å². The molecule has 6 nitrogen and oxygen atoms in total. The van der Waals surface area contributed by atoms with Crippen LogP contribution in [0.2, 0.25) is 0 Å². The molecule has 0 bridgehead atoms. The fourth-order valence-corrected chi connectivity index (χ4v) is 4.83. The van der Waals surface area contributed by atoms with Crippen LogP contribution in [0.4, 0.5) is 10.1 Å². The van der Waals surface area contributed by atoms with Crippen molar-refractivity contribution in [3.63, 3.8) is 0 Å². The van der Waals surface area contributed by atoms with Gasteiger partial charge in [-0.1, -0.05) is 18.2 Å². The summed E-state index contributed by atoms with van der Waals surface area (Å²) >= 11 is 0. The van der Waals surface area contributed by atoms with E-state index >= 15 is 0 Å². The molecule has 2 aromatic carbocycles. The third-order valence-corrected chi connectivity index (χ3v) is 6.66. The summed E-state index contributed by atoms with van der Waals surface area (Å²) in [5.41, 5.74) is 3.08. The number of nitrogens with zero attached hydrogens (tertiary/aromatic N) is 2. The third-order valence-electron chi connectivity index (χ3n) is 6.66. The monoisotopic (exact) mass is 440 g/mol. The molecule has 0 aliphatic carbocycles. The van der Waals surface area contributed by atoms with E-state index in [1.165, 1.54) is 12.1 Å². The number of fused-ring (bicyclic) bond motifs is 1. The lowest BCUT2D eigenvalue weighted by Gasteiger charge is -2.41. The Balaban J connectivity index is 1.31. The van der Waals surface area contributed by atoms with Crippen molar-refractivity contribution in [1.29, 1.82) is 0 Å². The highest BCUT2D eigenvalue weighted by Gasteiger charge is 2.41. The quantitative estimate of drug-likeness (QED) is 0.726. The van der Waals surface area contributed by atoms with Crippen LogP contribution in [0.3, 0.4) is 0 Å². The zero-order valence-corrected chi connectivity index (χ0v) is 18.4. The van der Waals surface area contributed by atoms with Gasteiger partial charge in [-0.25, -0.2) is 4.39 Å². The molecule has 1 amide bonds. The zero-order chi connectivity index (χ0) is 22.1. The standard InChI is InChI=1S/C25H29FN2O4/c1-18-2-7-22-23(14-18)30-17-21(28(22)16-19-3-5-20(26)6-4-19)15-24(29)27-10-8-25(9-11-27)31-12-13-32-25/h2-7,14,21H,8-13,15-17H2,1H3/t21-/m0/s1. The number of ether oxygens (including phenoxy) is 3. The molecular formula is C25H29FN2O4. The van der Waals surface area contributed by atoms with E-state index in [1.807, 2.05) is 24.0 Å². The van der Waals surface area contributed by atoms with Crippen LogP contribution in [0.25, 0.3) is 0 Å². The number of carbonyl (C=O) groups excluding carboxylic acids is 1. The Morgan fingerprint density at radius 2 is 1.81 bits per heavy atom. The van der Waals surface area contributed by atoms with Crippen LogP contribution in [-0.2, 0) is 20.8 Å². The summed E-state index contributed by atoms with van der Waals surface area (Å²) < 4.78 is 31.0. The smallest absolute Gasteiger partial charge is 0.224 e. The summed E-state index contributed by atoms with van der Waals surface area (Å²) in [5, 5.41) is 0. The summed E-state index contributed by atoms with van der Waals surface area (Å²) in [6, 6.07) is 12.6. The lowest BCUT2D eigenvalue weighted by atomic mass is 10.0. The minimum absolute atomic E-state index is 0.0994. The molecule has 32 heavy (non-hydrogen) atoms. The Labute approximate surface area is 187 Å². The van der Waals surface area contributed by atoms with Crippen LogP contribution >= 0.6 is 0 Å². The van der Waals surface area contributed by atoms with Gasteiger partial charge in [0.1, 0.15) is 18.2 Å². The number of halogens is 1. The highest BCUT2D eigenvalue weighted by molar-refractivity contribution is 5.78. The predicted molar refractivity (Wildman–Crippen MR) is 118 cm³/mol. The number of rotatable bonds is 4. The van der Waals surface area contributed by atoms with Crippen LogP contribution in [0.15, 0.2) is 42.5 Å². The van der Waals surface area contributed by atoms with Gasteiger partial charge in [-0.05, 0) is 42.3 Å². The number of likely N-dealkylation sites (tertiary alicyclic amines) is 1. The van der Waals surface area contributed by atoms with Gasteiger partial charge in [0.15, 0.2) is 5.79 Å². The molecule has 2 fully saturated rings. The Morgan fingerprint density at radius 3 is 2.53 bits per heavy atom. The molecule has 170 valence electrons. The van der Waals surface area contributed by atoms with Crippen molar-refractivity contribution in [3.05, 3.63) is 59.4 Å². The molecule has 3 heterocycles. The minimum Gasteiger partial charge on any atom is -0.489 e. The Kier molecular flexibility index (Phi) is 5.78. The Hall–Kier alpha value is -2.64. The number of anilines is 1. The first-order valence-electron chi connectivity index (χ1n) is 11.3. The van der Waals surface area contributed by atoms with E-state index in [0.717, 1.165) is 22.6 Å². The van der Waals surface area contributed by atoms with Crippen molar-refractivity contribution in [2.75, 3.05) is 37.8 Å². The number of carbonyl (C=O) groups is 1. The maximum absolute atomic E-state index is 13.4. The topological polar surface area (TPSA) is 51.2 Å². The van der Waals surface area contributed by atoms with Crippen LogP contribution in [0.5, 0.6) is 5.75 Å².